The summed E-state index contributed by atoms with van der Waals surface area (Å²) in [5.74, 6) is -6.49. The molecule has 15 heteroatoms. The van der Waals surface area contributed by atoms with Crippen molar-refractivity contribution in [1.82, 2.24) is 14.7 Å². The van der Waals surface area contributed by atoms with Crippen LogP contribution in [0.3, 0.4) is 0 Å². The normalized spacial score (nSPS) is 14.2. The summed E-state index contributed by atoms with van der Waals surface area (Å²) in [6, 6.07) is -0.911. The molecule has 0 heterocycles. The fourth-order valence-electron chi connectivity index (χ4n) is 3.18. The van der Waals surface area contributed by atoms with Crippen LogP contribution in [0.25, 0.3) is 0 Å². The van der Waals surface area contributed by atoms with Crippen molar-refractivity contribution in [3.05, 3.63) is 0 Å². The number of nitrogens with zero attached hydrogens (tertiary/aromatic N) is 3. The van der Waals surface area contributed by atoms with E-state index >= 15 is 0 Å². The Bertz CT molecular complexity index is 669. The molecule has 0 aliphatic rings. The SMILES string of the molecule is CC(N)(CO)CC(CN(CCN(CC(=O)O)CC(=O)O)CC(=O)O)N(CC(=O)O)CC(=O)O. The zero-order valence-corrected chi connectivity index (χ0v) is 18.3. The summed E-state index contributed by atoms with van der Waals surface area (Å²) in [4.78, 5) is 59.3. The fraction of sp³-hybridized carbons (Fsp3) is 0.722. The van der Waals surface area contributed by atoms with Crippen LogP contribution in [0.1, 0.15) is 13.3 Å². The third kappa shape index (κ3) is 14.8. The second-order valence-corrected chi connectivity index (χ2v) is 7.99. The lowest BCUT2D eigenvalue weighted by Gasteiger charge is -2.37. The Morgan fingerprint density at radius 3 is 1.45 bits per heavy atom. The predicted molar refractivity (Wildman–Crippen MR) is 111 cm³/mol. The first-order valence-electron chi connectivity index (χ1n) is 9.82. The second-order valence-electron chi connectivity index (χ2n) is 7.99. The number of aliphatic carboxylic acids is 5. The Hall–Kier alpha value is -2.85. The van der Waals surface area contributed by atoms with Crippen LogP contribution in [-0.4, -0.2) is 146 Å². The van der Waals surface area contributed by atoms with Gasteiger partial charge in [0, 0.05) is 31.2 Å². The van der Waals surface area contributed by atoms with E-state index in [1.165, 1.54) is 11.8 Å². The van der Waals surface area contributed by atoms with Gasteiger partial charge in [0.2, 0.25) is 0 Å². The van der Waals surface area contributed by atoms with Gasteiger partial charge in [-0.25, -0.2) is 0 Å². The van der Waals surface area contributed by atoms with Crippen LogP contribution in [0.2, 0.25) is 0 Å². The molecule has 0 radical (unpaired) electrons. The van der Waals surface area contributed by atoms with Gasteiger partial charge in [0.25, 0.3) is 0 Å². The van der Waals surface area contributed by atoms with E-state index in [1.807, 2.05) is 0 Å². The first-order valence-corrected chi connectivity index (χ1v) is 9.82. The first-order chi connectivity index (χ1) is 15.1. The molecule has 0 saturated heterocycles. The molecule has 0 rings (SSSR count). The number of aliphatic hydroxyl groups is 1. The highest BCUT2D eigenvalue weighted by molar-refractivity contribution is 5.73. The molecule has 2 unspecified atom stereocenters. The largest absolute Gasteiger partial charge is 0.480 e. The topological polar surface area (TPSA) is 242 Å². The third-order valence-electron chi connectivity index (χ3n) is 4.53. The maximum Gasteiger partial charge on any atom is 0.317 e. The molecule has 15 nitrogen and oxygen atoms in total. The van der Waals surface area contributed by atoms with Crippen molar-refractivity contribution in [2.45, 2.75) is 24.9 Å². The Morgan fingerprint density at radius 2 is 1.09 bits per heavy atom. The Morgan fingerprint density at radius 1 is 0.727 bits per heavy atom. The molecule has 0 aromatic rings. The van der Waals surface area contributed by atoms with Gasteiger partial charge in [0.05, 0.1) is 39.3 Å². The van der Waals surface area contributed by atoms with Crippen LogP contribution >= 0.6 is 0 Å². The number of carboxylic acids is 5. The van der Waals surface area contributed by atoms with Gasteiger partial charge in [-0.05, 0) is 13.3 Å². The number of rotatable bonds is 19. The summed E-state index contributed by atoms with van der Waals surface area (Å²) < 4.78 is 0. The fourth-order valence-corrected chi connectivity index (χ4v) is 3.18. The predicted octanol–water partition coefficient (Wildman–Crippen LogP) is -3.22. The molecule has 33 heavy (non-hydrogen) atoms. The number of nitrogens with two attached hydrogens (primary N) is 1. The van der Waals surface area contributed by atoms with Gasteiger partial charge in [-0.1, -0.05) is 0 Å². The third-order valence-corrected chi connectivity index (χ3v) is 4.53. The van der Waals surface area contributed by atoms with Gasteiger partial charge >= 0.3 is 29.8 Å². The smallest absolute Gasteiger partial charge is 0.317 e. The summed E-state index contributed by atoms with van der Waals surface area (Å²) in [6.07, 6.45) is -0.0891. The highest BCUT2D eigenvalue weighted by atomic mass is 16.4. The van der Waals surface area contributed by atoms with Crippen molar-refractivity contribution in [3.8, 4) is 0 Å². The van der Waals surface area contributed by atoms with Gasteiger partial charge in [0.15, 0.2) is 0 Å². The quantitative estimate of drug-likeness (QED) is 0.0961. The lowest BCUT2D eigenvalue weighted by molar-refractivity contribution is -0.144. The second kappa shape index (κ2) is 14.3. The van der Waals surface area contributed by atoms with Gasteiger partial charge in [0.1, 0.15) is 0 Å². The van der Waals surface area contributed by atoms with Crippen molar-refractivity contribution in [2.75, 3.05) is 59.0 Å². The minimum absolute atomic E-state index is 0.0891. The molecule has 0 spiro atoms. The van der Waals surface area contributed by atoms with E-state index in [0.717, 1.165) is 9.80 Å². The summed E-state index contributed by atoms with van der Waals surface area (Å²) in [7, 11) is 0. The highest BCUT2D eigenvalue weighted by Gasteiger charge is 2.32. The molecular formula is C18H32N4O11. The lowest BCUT2D eigenvalue weighted by Crippen LogP contribution is -2.55. The van der Waals surface area contributed by atoms with Crippen molar-refractivity contribution in [2.24, 2.45) is 5.73 Å². The summed E-state index contributed by atoms with van der Waals surface area (Å²) in [5, 5.41) is 55.0. The van der Waals surface area contributed by atoms with Crippen molar-refractivity contribution < 1.29 is 54.6 Å². The Balaban J connectivity index is 5.78. The van der Waals surface area contributed by atoms with E-state index in [4.69, 9.17) is 15.9 Å². The number of hydrogen-bond donors (Lipinski definition) is 7. The van der Waals surface area contributed by atoms with E-state index in [0.29, 0.717) is 0 Å². The average molecular weight is 480 g/mol. The number of carbonyl (C=O) groups is 5. The van der Waals surface area contributed by atoms with Gasteiger partial charge in [-0.15, -0.1) is 0 Å². The monoisotopic (exact) mass is 480 g/mol. The molecule has 0 aromatic carbocycles. The van der Waals surface area contributed by atoms with Crippen molar-refractivity contribution >= 4 is 29.8 Å². The summed E-state index contributed by atoms with van der Waals surface area (Å²) >= 11 is 0. The maximum atomic E-state index is 11.3. The van der Waals surface area contributed by atoms with E-state index in [9.17, 15) is 44.4 Å². The average Bonchev–Trinajstić information content (AvgIpc) is 2.62. The van der Waals surface area contributed by atoms with Crippen molar-refractivity contribution in [1.29, 1.82) is 0 Å². The van der Waals surface area contributed by atoms with Crippen LogP contribution in [0.4, 0.5) is 0 Å². The number of aliphatic hydroxyl groups excluding tert-OH is 1. The van der Waals surface area contributed by atoms with Crippen LogP contribution in [0.5, 0.6) is 0 Å². The molecule has 8 N–H and O–H groups in total. The number of hydrogen-bond acceptors (Lipinski definition) is 10. The summed E-state index contributed by atoms with van der Waals surface area (Å²) in [6.45, 7) is -2.66. The standard InChI is InChI=1S/C18H32N4O11/c1-18(19,11-23)4-12(22(9-16(30)31)10-17(32)33)5-20(6-13(24)25)2-3-21(7-14(26)27)8-15(28)29/h12,23H,2-11,19H2,1H3,(H,24,25)(H,26,27)(H,28,29)(H,30,31)(H,32,33). The molecule has 0 amide bonds. The lowest BCUT2D eigenvalue weighted by atomic mass is 9.93. The zero-order valence-electron chi connectivity index (χ0n) is 18.3. The molecule has 0 aromatic heterocycles. The maximum absolute atomic E-state index is 11.3. The van der Waals surface area contributed by atoms with Crippen LogP contribution in [0.15, 0.2) is 0 Å². The van der Waals surface area contributed by atoms with Crippen LogP contribution in [-0.2, 0) is 24.0 Å². The molecule has 190 valence electrons. The minimum atomic E-state index is -1.33. The zero-order chi connectivity index (χ0) is 25.8. The Kier molecular flexibility index (Phi) is 13.1. The first kappa shape index (κ1) is 30.1. The minimum Gasteiger partial charge on any atom is -0.480 e. The molecular weight excluding hydrogens is 448 g/mol. The molecule has 0 aliphatic carbocycles. The molecule has 0 saturated carbocycles. The molecule has 2 atom stereocenters. The van der Waals surface area contributed by atoms with Crippen LogP contribution in [0, 0.1) is 0 Å². The van der Waals surface area contributed by atoms with E-state index in [-0.39, 0.29) is 26.1 Å². The van der Waals surface area contributed by atoms with Gasteiger partial charge < -0.3 is 36.4 Å². The molecule has 0 fully saturated rings. The van der Waals surface area contributed by atoms with Gasteiger partial charge in [-0.2, -0.15) is 0 Å². The highest BCUT2D eigenvalue weighted by Crippen LogP contribution is 2.16. The molecule has 0 bridgehead atoms. The summed E-state index contributed by atoms with van der Waals surface area (Å²) in [5.41, 5.74) is 4.74. The van der Waals surface area contributed by atoms with E-state index < -0.39 is 80.8 Å². The Labute approximate surface area is 189 Å². The number of carboxylic acid groups (broad SMARTS) is 5. The van der Waals surface area contributed by atoms with Gasteiger partial charge in [-0.3, -0.25) is 38.7 Å². The van der Waals surface area contributed by atoms with Crippen LogP contribution < -0.4 is 5.73 Å². The van der Waals surface area contributed by atoms with E-state index in [1.54, 1.807) is 0 Å². The van der Waals surface area contributed by atoms with E-state index in [2.05, 4.69) is 0 Å². The van der Waals surface area contributed by atoms with Crippen molar-refractivity contribution in [3.63, 3.8) is 0 Å². The molecule has 0 aliphatic heterocycles.